The van der Waals surface area contributed by atoms with Gasteiger partial charge in [0.15, 0.2) is 0 Å². The van der Waals surface area contributed by atoms with Crippen molar-refractivity contribution >= 4 is 16.5 Å². The van der Waals surface area contributed by atoms with E-state index >= 15 is 0 Å². The Hall–Kier alpha value is -0.680. The van der Waals surface area contributed by atoms with Gasteiger partial charge in [-0.25, -0.2) is 0 Å². The number of nitrogens with zero attached hydrogens (tertiary/aromatic N) is 3. The topological polar surface area (TPSA) is 41.1 Å². The SMILES string of the molecule is CNc1snnc1CN1CCC(C(C)C)C1. The third-order valence-corrected chi connectivity index (χ3v) is 4.19. The first-order valence-electron chi connectivity index (χ1n) is 5.92. The molecule has 0 radical (unpaired) electrons. The van der Waals surface area contributed by atoms with Crippen LogP contribution in [0.15, 0.2) is 0 Å². The Kier molecular flexibility index (Phi) is 3.76. The lowest BCUT2D eigenvalue weighted by molar-refractivity contribution is 0.294. The van der Waals surface area contributed by atoms with Crippen LogP contribution in [0.5, 0.6) is 0 Å². The molecule has 90 valence electrons. The molecule has 1 N–H and O–H groups in total. The molecule has 16 heavy (non-hydrogen) atoms. The molecule has 1 aromatic rings. The standard InChI is InChI=1S/C11H20N4S/c1-8(2)9-4-5-15(6-9)7-10-11(12-3)16-14-13-10/h8-9,12H,4-7H2,1-3H3. The van der Waals surface area contributed by atoms with Crippen molar-refractivity contribution in [2.75, 3.05) is 25.5 Å². The van der Waals surface area contributed by atoms with Crippen molar-refractivity contribution < 1.29 is 0 Å². The molecular weight excluding hydrogens is 220 g/mol. The molecule has 1 saturated heterocycles. The Labute approximate surface area is 101 Å². The smallest absolute Gasteiger partial charge is 0.134 e. The lowest BCUT2D eigenvalue weighted by Crippen LogP contribution is -2.22. The lowest BCUT2D eigenvalue weighted by Gasteiger charge is -2.16. The normalized spacial score (nSPS) is 21.9. The maximum atomic E-state index is 4.18. The van der Waals surface area contributed by atoms with Crippen LogP contribution in [0.4, 0.5) is 5.00 Å². The number of anilines is 1. The number of nitrogens with one attached hydrogen (secondary N) is 1. The summed E-state index contributed by atoms with van der Waals surface area (Å²) in [6.07, 6.45) is 1.32. The van der Waals surface area contributed by atoms with Gasteiger partial charge >= 0.3 is 0 Å². The Balaban J connectivity index is 1.92. The molecule has 0 saturated carbocycles. The lowest BCUT2D eigenvalue weighted by atomic mass is 9.95. The van der Waals surface area contributed by atoms with Crippen LogP contribution < -0.4 is 5.32 Å². The van der Waals surface area contributed by atoms with Crippen LogP contribution >= 0.6 is 11.5 Å². The zero-order chi connectivity index (χ0) is 11.5. The molecule has 0 bridgehead atoms. The van der Waals surface area contributed by atoms with Crippen LogP contribution in [-0.2, 0) is 6.54 Å². The van der Waals surface area contributed by atoms with E-state index in [9.17, 15) is 0 Å². The molecule has 1 unspecified atom stereocenters. The molecule has 2 heterocycles. The molecule has 0 aromatic carbocycles. The minimum Gasteiger partial charge on any atom is -0.377 e. The molecule has 0 aliphatic carbocycles. The Morgan fingerprint density at radius 2 is 2.38 bits per heavy atom. The van der Waals surface area contributed by atoms with Gasteiger partial charge in [-0.05, 0) is 24.8 Å². The summed E-state index contributed by atoms with van der Waals surface area (Å²) in [5, 5.41) is 8.44. The van der Waals surface area contributed by atoms with Crippen molar-refractivity contribution in [1.82, 2.24) is 14.5 Å². The molecule has 0 spiro atoms. The predicted octanol–water partition coefficient (Wildman–Crippen LogP) is 2.06. The van der Waals surface area contributed by atoms with Gasteiger partial charge in [-0.2, -0.15) is 0 Å². The highest BCUT2D eigenvalue weighted by Crippen LogP contribution is 2.26. The van der Waals surface area contributed by atoms with E-state index < -0.39 is 0 Å². The van der Waals surface area contributed by atoms with Crippen LogP contribution in [0.3, 0.4) is 0 Å². The quantitative estimate of drug-likeness (QED) is 0.874. The van der Waals surface area contributed by atoms with Gasteiger partial charge in [0, 0.05) is 31.7 Å². The van der Waals surface area contributed by atoms with Crippen molar-refractivity contribution in [1.29, 1.82) is 0 Å². The van der Waals surface area contributed by atoms with Crippen LogP contribution in [0.2, 0.25) is 0 Å². The fraction of sp³-hybridized carbons (Fsp3) is 0.818. The Morgan fingerprint density at radius 1 is 1.56 bits per heavy atom. The predicted molar refractivity (Wildman–Crippen MR) is 67.7 cm³/mol. The first-order valence-corrected chi connectivity index (χ1v) is 6.69. The second-order valence-corrected chi connectivity index (χ2v) is 5.58. The minimum absolute atomic E-state index is 0.794. The van der Waals surface area contributed by atoms with Crippen molar-refractivity contribution in [3.63, 3.8) is 0 Å². The first-order chi connectivity index (χ1) is 7.70. The van der Waals surface area contributed by atoms with Gasteiger partial charge in [0.1, 0.15) is 10.7 Å². The van der Waals surface area contributed by atoms with Crippen molar-refractivity contribution in [3.8, 4) is 0 Å². The summed E-state index contributed by atoms with van der Waals surface area (Å²) in [6.45, 7) is 7.98. The largest absolute Gasteiger partial charge is 0.377 e. The van der Waals surface area contributed by atoms with Gasteiger partial charge in [0.05, 0.1) is 0 Å². The van der Waals surface area contributed by atoms with E-state index in [1.165, 1.54) is 31.0 Å². The zero-order valence-electron chi connectivity index (χ0n) is 10.2. The number of hydrogen-bond acceptors (Lipinski definition) is 5. The summed E-state index contributed by atoms with van der Waals surface area (Å²) >= 11 is 1.44. The van der Waals surface area contributed by atoms with Gasteiger partial charge in [0.25, 0.3) is 0 Å². The van der Waals surface area contributed by atoms with Crippen molar-refractivity contribution in [3.05, 3.63) is 5.69 Å². The average Bonchev–Trinajstić information content (AvgIpc) is 2.87. The number of hydrogen-bond donors (Lipinski definition) is 1. The van der Waals surface area contributed by atoms with Crippen LogP contribution in [-0.4, -0.2) is 34.6 Å². The molecule has 4 nitrogen and oxygen atoms in total. The highest BCUT2D eigenvalue weighted by molar-refractivity contribution is 7.10. The van der Waals surface area contributed by atoms with E-state index in [-0.39, 0.29) is 0 Å². The number of aromatic nitrogens is 2. The van der Waals surface area contributed by atoms with Gasteiger partial charge < -0.3 is 5.32 Å². The summed E-state index contributed by atoms with van der Waals surface area (Å²) in [4.78, 5) is 2.49. The summed E-state index contributed by atoms with van der Waals surface area (Å²) in [5.41, 5.74) is 1.09. The monoisotopic (exact) mass is 240 g/mol. The van der Waals surface area contributed by atoms with E-state index in [4.69, 9.17) is 0 Å². The second-order valence-electron chi connectivity index (χ2n) is 4.83. The summed E-state index contributed by atoms with van der Waals surface area (Å²) in [6, 6.07) is 0. The van der Waals surface area contributed by atoms with Crippen LogP contribution in [0.25, 0.3) is 0 Å². The fourth-order valence-electron chi connectivity index (χ4n) is 2.26. The molecule has 1 aliphatic rings. The van der Waals surface area contributed by atoms with Crippen molar-refractivity contribution in [2.24, 2.45) is 11.8 Å². The highest BCUT2D eigenvalue weighted by Gasteiger charge is 2.25. The molecule has 1 fully saturated rings. The van der Waals surface area contributed by atoms with Gasteiger partial charge in [0.2, 0.25) is 0 Å². The zero-order valence-corrected chi connectivity index (χ0v) is 11.0. The molecule has 1 atom stereocenters. The highest BCUT2D eigenvalue weighted by atomic mass is 32.1. The molecule has 0 amide bonds. The van der Waals surface area contributed by atoms with Crippen LogP contribution in [0, 0.1) is 11.8 Å². The van der Waals surface area contributed by atoms with E-state index in [2.05, 4.69) is 33.7 Å². The first kappa shape index (κ1) is 11.8. The molecule has 2 rings (SSSR count). The van der Waals surface area contributed by atoms with Crippen molar-refractivity contribution in [2.45, 2.75) is 26.8 Å². The fourth-order valence-corrected chi connectivity index (χ4v) is 2.79. The third-order valence-electron chi connectivity index (χ3n) is 3.41. The molecule has 1 aromatic heterocycles. The summed E-state index contributed by atoms with van der Waals surface area (Å²) < 4.78 is 3.99. The van der Waals surface area contributed by atoms with Gasteiger partial charge in [-0.3, -0.25) is 4.90 Å². The van der Waals surface area contributed by atoms with Gasteiger partial charge in [-0.1, -0.05) is 18.3 Å². The number of rotatable bonds is 4. The van der Waals surface area contributed by atoms with Crippen LogP contribution in [0.1, 0.15) is 26.0 Å². The third kappa shape index (κ3) is 2.52. The maximum absolute atomic E-state index is 4.18. The van der Waals surface area contributed by atoms with E-state index in [0.29, 0.717) is 0 Å². The van der Waals surface area contributed by atoms with E-state index in [1.54, 1.807) is 0 Å². The molecular formula is C11H20N4S. The maximum Gasteiger partial charge on any atom is 0.134 e. The Morgan fingerprint density at radius 3 is 3.00 bits per heavy atom. The second kappa shape index (κ2) is 5.10. The average molecular weight is 240 g/mol. The number of likely N-dealkylation sites (tertiary alicyclic amines) is 1. The Bertz CT molecular complexity index is 336. The summed E-state index contributed by atoms with van der Waals surface area (Å²) in [5.74, 6) is 1.65. The van der Waals surface area contributed by atoms with E-state index in [0.717, 1.165) is 29.1 Å². The minimum atomic E-state index is 0.794. The van der Waals surface area contributed by atoms with E-state index in [1.807, 2.05) is 7.05 Å². The molecule has 5 heteroatoms. The molecule has 1 aliphatic heterocycles. The summed E-state index contributed by atoms with van der Waals surface area (Å²) in [7, 11) is 1.93. The van der Waals surface area contributed by atoms with Gasteiger partial charge in [-0.15, -0.1) is 5.10 Å².